The number of hydrogen-bond acceptors (Lipinski definition) is 4. The van der Waals surface area contributed by atoms with Crippen LogP contribution in [0.2, 0.25) is 10.0 Å². The number of nitrogen functional groups attached to an aromatic ring is 1. The number of rotatable bonds is 9. The van der Waals surface area contributed by atoms with Gasteiger partial charge in [-0.3, -0.25) is 0 Å². The lowest BCUT2D eigenvalue weighted by molar-refractivity contribution is 0.623. The van der Waals surface area contributed by atoms with Crippen LogP contribution in [0.1, 0.15) is 17.2 Å². The highest BCUT2D eigenvalue weighted by Crippen LogP contribution is 2.29. The number of alkyl halides is 1. The van der Waals surface area contributed by atoms with Crippen molar-refractivity contribution in [1.82, 2.24) is 10.3 Å². The molecule has 0 radical (unpaired) electrons. The van der Waals surface area contributed by atoms with Crippen LogP contribution in [0.25, 0.3) is 0 Å². The zero-order valence-electron chi connectivity index (χ0n) is 14.1. The summed E-state index contributed by atoms with van der Waals surface area (Å²) in [6, 6.07) is 5.29. The molecular formula is C18H22Cl3N5. The summed E-state index contributed by atoms with van der Waals surface area (Å²) in [4.78, 5) is 3.14. The van der Waals surface area contributed by atoms with E-state index >= 15 is 0 Å². The van der Waals surface area contributed by atoms with Crippen LogP contribution in [-0.2, 0) is 6.54 Å². The summed E-state index contributed by atoms with van der Waals surface area (Å²) in [6.07, 6.45) is 8.91. The second-order valence-corrected chi connectivity index (χ2v) is 6.73. The lowest BCUT2D eigenvalue weighted by Gasteiger charge is -2.16. The fourth-order valence-corrected chi connectivity index (χ4v) is 3.00. The van der Waals surface area contributed by atoms with Gasteiger partial charge in [-0.25, -0.2) is 0 Å². The van der Waals surface area contributed by atoms with Crippen LogP contribution in [0, 0.1) is 0 Å². The van der Waals surface area contributed by atoms with E-state index in [0.717, 1.165) is 16.9 Å². The van der Waals surface area contributed by atoms with Crippen LogP contribution >= 0.6 is 34.8 Å². The highest BCUT2D eigenvalue weighted by atomic mass is 35.5. The third-order valence-electron chi connectivity index (χ3n) is 3.74. The normalized spacial score (nSPS) is 12.9. The van der Waals surface area contributed by atoms with Gasteiger partial charge in [-0.1, -0.05) is 41.4 Å². The lowest BCUT2D eigenvalue weighted by Crippen LogP contribution is -2.20. The minimum absolute atomic E-state index is 0.138. The van der Waals surface area contributed by atoms with E-state index < -0.39 is 0 Å². The van der Waals surface area contributed by atoms with Crippen LogP contribution in [0.4, 0.5) is 11.5 Å². The van der Waals surface area contributed by atoms with E-state index in [1.54, 1.807) is 12.1 Å². The summed E-state index contributed by atoms with van der Waals surface area (Å²) in [7, 11) is 0. The highest BCUT2D eigenvalue weighted by molar-refractivity contribution is 6.35. The average molecular weight is 415 g/mol. The van der Waals surface area contributed by atoms with Gasteiger partial charge in [-0.15, -0.1) is 11.6 Å². The second-order valence-electron chi connectivity index (χ2n) is 5.51. The first kappa shape index (κ1) is 20.5. The molecule has 1 atom stereocenters. The largest absolute Gasteiger partial charge is 0.405 e. The van der Waals surface area contributed by atoms with Crippen molar-refractivity contribution in [3.05, 3.63) is 70.0 Å². The summed E-state index contributed by atoms with van der Waals surface area (Å²) < 4.78 is 0. The van der Waals surface area contributed by atoms with Gasteiger partial charge < -0.3 is 27.1 Å². The zero-order valence-corrected chi connectivity index (χ0v) is 16.4. The molecule has 0 saturated heterocycles. The van der Waals surface area contributed by atoms with E-state index in [2.05, 4.69) is 15.6 Å². The number of H-pyrrole nitrogens is 1. The Labute approximate surface area is 168 Å². The molecule has 0 bridgehead atoms. The number of nitrogens with two attached hydrogens (primary N) is 2. The first-order valence-corrected chi connectivity index (χ1v) is 9.34. The molecule has 1 aromatic carbocycles. The quantitative estimate of drug-likeness (QED) is 0.310. The number of aromatic amines is 1. The van der Waals surface area contributed by atoms with Crippen LogP contribution < -0.4 is 22.1 Å². The number of halogens is 3. The Morgan fingerprint density at radius 3 is 2.73 bits per heavy atom. The summed E-state index contributed by atoms with van der Waals surface area (Å²) in [5.74, 6) is 1.24. The Kier molecular flexibility index (Phi) is 8.19. The zero-order chi connectivity index (χ0) is 18.9. The van der Waals surface area contributed by atoms with Gasteiger partial charge in [0.2, 0.25) is 0 Å². The molecule has 0 spiro atoms. The Hall–Kier alpha value is -1.79. The van der Waals surface area contributed by atoms with Crippen molar-refractivity contribution in [1.29, 1.82) is 0 Å². The Morgan fingerprint density at radius 2 is 2.04 bits per heavy atom. The molecule has 1 heterocycles. The van der Waals surface area contributed by atoms with Gasteiger partial charge in [0, 0.05) is 40.8 Å². The molecule has 0 saturated carbocycles. The third kappa shape index (κ3) is 5.61. The van der Waals surface area contributed by atoms with Gasteiger partial charge in [-0.2, -0.15) is 0 Å². The monoisotopic (exact) mass is 413 g/mol. The Balaban J connectivity index is 2.19. The van der Waals surface area contributed by atoms with E-state index in [9.17, 15) is 0 Å². The van der Waals surface area contributed by atoms with Crippen LogP contribution in [0.15, 0.2) is 48.8 Å². The molecule has 2 rings (SSSR count). The summed E-state index contributed by atoms with van der Waals surface area (Å²) >= 11 is 17.9. The van der Waals surface area contributed by atoms with Crippen molar-refractivity contribution >= 4 is 46.3 Å². The Bertz CT molecular complexity index is 770. The van der Waals surface area contributed by atoms with Crippen LogP contribution in [0.3, 0.4) is 0 Å². The number of benzene rings is 1. The summed E-state index contributed by atoms with van der Waals surface area (Å²) in [5.41, 5.74) is 14.2. The van der Waals surface area contributed by atoms with Gasteiger partial charge in [0.15, 0.2) is 0 Å². The van der Waals surface area contributed by atoms with Crippen molar-refractivity contribution < 1.29 is 0 Å². The van der Waals surface area contributed by atoms with E-state index in [1.807, 2.05) is 30.5 Å². The molecule has 140 valence electrons. The number of anilines is 2. The molecule has 1 aromatic heterocycles. The van der Waals surface area contributed by atoms with Crippen LogP contribution in [-0.4, -0.2) is 17.4 Å². The predicted molar refractivity (Wildman–Crippen MR) is 113 cm³/mol. The standard InChI is InChI=1S/C18H22Cl3N5/c19-6-8-24-18-17(23)14(11-26-18)16(3-1-2-7-22)25-10-12-4-5-13(20)9-15(12)21/h1-5,7,9,11,16,24-26H,6,8,10,22-23H2/b3-1-,7-2+. The smallest absolute Gasteiger partial charge is 0.127 e. The van der Waals surface area contributed by atoms with Gasteiger partial charge in [0.05, 0.1) is 11.7 Å². The summed E-state index contributed by atoms with van der Waals surface area (Å²) in [6.45, 7) is 1.17. The van der Waals surface area contributed by atoms with Gasteiger partial charge in [0.1, 0.15) is 5.82 Å². The minimum atomic E-state index is -0.138. The maximum Gasteiger partial charge on any atom is 0.127 e. The molecule has 2 aromatic rings. The van der Waals surface area contributed by atoms with Crippen molar-refractivity contribution in [2.45, 2.75) is 12.6 Å². The highest BCUT2D eigenvalue weighted by Gasteiger charge is 2.16. The van der Waals surface area contributed by atoms with E-state index in [-0.39, 0.29) is 6.04 Å². The molecule has 0 aliphatic heterocycles. The maximum absolute atomic E-state index is 6.27. The molecular weight excluding hydrogens is 393 g/mol. The molecule has 1 unspecified atom stereocenters. The summed E-state index contributed by atoms with van der Waals surface area (Å²) in [5, 5.41) is 7.82. The number of hydrogen-bond donors (Lipinski definition) is 5. The molecule has 0 fully saturated rings. The third-order valence-corrected chi connectivity index (χ3v) is 4.51. The molecule has 0 aliphatic rings. The van der Waals surface area contributed by atoms with Gasteiger partial charge in [-0.05, 0) is 30.0 Å². The van der Waals surface area contributed by atoms with Crippen molar-refractivity contribution in [3.63, 3.8) is 0 Å². The lowest BCUT2D eigenvalue weighted by atomic mass is 10.1. The molecule has 5 nitrogen and oxygen atoms in total. The van der Waals surface area contributed by atoms with Gasteiger partial charge >= 0.3 is 0 Å². The van der Waals surface area contributed by atoms with E-state index in [4.69, 9.17) is 46.3 Å². The number of aromatic nitrogens is 1. The van der Waals surface area contributed by atoms with Crippen molar-refractivity contribution in [2.24, 2.45) is 5.73 Å². The first-order chi connectivity index (χ1) is 12.6. The number of allylic oxidation sites excluding steroid dienone is 2. The molecule has 7 N–H and O–H groups in total. The fraction of sp³-hybridized carbons (Fsp3) is 0.222. The topological polar surface area (TPSA) is 91.9 Å². The number of nitrogens with one attached hydrogen (secondary N) is 3. The van der Waals surface area contributed by atoms with Crippen LogP contribution in [0.5, 0.6) is 0 Å². The molecule has 0 aliphatic carbocycles. The second kappa shape index (κ2) is 10.4. The SMILES string of the molecule is N/C=C/C=C\C(NCc1ccc(Cl)cc1Cl)c1c[nH]c(NCCCl)c1N. The average Bonchev–Trinajstić information content (AvgIpc) is 2.98. The maximum atomic E-state index is 6.27. The molecule has 26 heavy (non-hydrogen) atoms. The van der Waals surface area contributed by atoms with E-state index in [1.165, 1.54) is 6.20 Å². The van der Waals surface area contributed by atoms with E-state index in [0.29, 0.717) is 34.7 Å². The fourth-order valence-electron chi connectivity index (χ4n) is 2.43. The molecule has 8 heteroatoms. The molecule has 0 amide bonds. The minimum Gasteiger partial charge on any atom is -0.405 e. The van der Waals surface area contributed by atoms with Crippen molar-refractivity contribution in [2.75, 3.05) is 23.5 Å². The Morgan fingerprint density at radius 1 is 1.23 bits per heavy atom. The van der Waals surface area contributed by atoms with Crippen molar-refractivity contribution in [3.8, 4) is 0 Å². The van der Waals surface area contributed by atoms with Gasteiger partial charge in [0.25, 0.3) is 0 Å². The first-order valence-electron chi connectivity index (χ1n) is 8.05. The predicted octanol–water partition coefficient (Wildman–Crippen LogP) is 4.41.